The Kier molecular flexibility index (Phi) is 7.65. The molecule has 0 aliphatic rings. The third kappa shape index (κ3) is 5.83. The van der Waals surface area contributed by atoms with Crippen LogP contribution in [0, 0.1) is 11.7 Å². The smallest absolute Gasteiger partial charge is 0.227 e. The van der Waals surface area contributed by atoms with Gasteiger partial charge in [-0.25, -0.2) is 9.37 Å². The number of hydrogen-bond donors (Lipinski definition) is 1. The number of carbonyl (C=O) groups is 1. The fourth-order valence-corrected chi connectivity index (χ4v) is 3.45. The van der Waals surface area contributed by atoms with Crippen molar-refractivity contribution in [2.45, 2.75) is 26.2 Å². The lowest BCUT2D eigenvalue weighted by molar-refractivity contribution is -0.124. The number of aromatic nitrogens is 4. The second-order valence-electron chi connectivity index (χ2n) is 6.86. The van der Waals surface area contributed by atoms with E-state index in [4.69, 9.17) is 23.2 Å². The summed E-state index contributed by atoms with van der Waals surface area (Å²) < 4.78 is 14.3. The maximum atomic E-state index is 14.3. The van der Waals surface area contributed by atoms with Gasteiger partial charge >= 0.3 is 0 Å². The number of carbonyl (C=O) groups excluding carboxylic acids is 1. The van der Waals surface area contributed by atoms with Crippen LogP contribution in [0.4, 0.5) is 4.39 Å². The normalized spacial score (nSPS) is 11.7. The van der Waals surface area contributed by atoms with Gasteiger partial charge in [0, 0.05) is 18.5 Å². The highest BCUT2D eigenvalue weighted by atomic mass is 35.5. The lowest BCUT2D eigenvalue weighted by Crippen LogP contribution is -2.31. The molecule has 0 saturated carbocycles. The molecule has 0 aliphatic heterocycles. The summed E-state index contributed by atoms with van der Waals surface area (Å²) in [5.74, 6) is -1.18. The molecule has 31 heavy (non-hydrogen) atoms. The SMILES string of the molecule is C=C(NC(=O)C(CCC)Cc1nnc(Cl)cc1Cl)c1ccc(F)c(-c2ccccn2)n1. The molecule has 6 nitrogen and oxygen atoms in total. The van der Waals surface area contributed by atoms with E-state index in [9.17, 15) is 9.18 Å². The fourth-order valence-electron chi connectivity index (χ4n) is 3.03. The van der Waals surface area contributed by atoms with Crippen LogP contribution < -0.4 is 5.32 Å². The van der Waals surface area contributed by atoms with Gasteiger partial charge in [-0.3, -0.25) is 9.78 Å². The van der Waals surface area contributed by atoms with Crippen LogP contribution in [0.1, 0.15) is 31.2 Å². The van der Waals surface area contributed by atoms with E-state index in [1.165, 1.54) is 18.2 Å². The highest BCUT2D eigenvalue weighted by Gasteiger charge is 2.22. The Labute approximate surface area is 189 Å². The minimum atomic E-state index is -0.513. The Balaban J connectivity index is 1.77. The third-order valence-electron chi connectivity index (χ3n) is 4.57. The minimum Gasteiger partial charge on any atom is -0.324 e. The second-order valence-corrected chi connectivity index (χ2v) is 7.66. The van der Waals surface area contributed by atoms with Crippen LogP contribution >= 0.6 is 23.2 Å². The van der Waals surface area contributed by atoms with Crippen LogP contribution in [0.3, 0.4) is 0 Å². The van der Waals surface area contributed by atoms with Gasteiger partial charge in [-0.2, -0.15) is 5.10 Å². The summed E-state index contributed by atoms with van der Waals surface area (Å²) in [5, 5.41) is 11.1. The summed E-state index contributed by atoms with van der Waals surface area (Å²) in [5.41, 5.74) is 1.57. The molecule has 1 amide bonds. The van der Waals surface area contributed by atoms with E-state index in [0.29, 0.717) is 34.9 Å². The largest absolute Gasteiger partial charge is 0.324 e. The second kappa shape index (κ2) is 10.4. The van der Waals surface area contributed by atoms with Crippen molar-refractivity contribution in [1.82, 2.24) is 25.5 Å². The van der Waals surface area contributed by atoms with Crippen molar-refractivity contribution >= 4 is 34.8 Å². The Morgan fingerprint density at radius 3 is 2.71 bits per heavy atom. The molecule has 3 rings (SSSR count). The molecule has 0 aromatic carbocycles. The number of rotatable bonds is 8. The van der Waals surface area contributed by atoms with Crippen LogP contribution in [0.2, 0.25) is 10.2 Å². The lowest BCUT2D eigenvalue weighted by Gasteiger charge is -2.17. The van der Waals surface area contributed by atoms with Gasteiger partial charge in [0.25, 0.3) is 0 Å². The molecule has 3 aromatic heterocycles. The summed E-state index contributed by atoms with van der Waals surface area (Å²) in [4.78, 5) is 21.3. The molecule has 9 heteroatoms. The molecular weight excluding hydrogens is 440 g/mol. The van der Waals surface area contributed by atoms with Crippen molar-refractivity contribution in [3.05, 3.63) is 76.6 Å². The molecule has 160 valence electrons. The van der Waals surface area contributed by atoms with E-state index in [1.807, 2.05) is 6.92 Å². The number of nitrogens with zero attached hydrogens (tertiary/aromatic N) is 4. The minimum absolute atomic E-state index is 0.0850. The van der Waals surface area contributed by atoms with E-state index >= 15 is 0 Å². The summed E-state index contributed by atoms with van der Waals surface area (Å²) >= 11 is 12.0. The topological polar surface area (TPSA) is 80.7 Å². The molecule has 1 N–H and O–H groups in total. The van der Waals surface area contributed by atoms with Gasteiger partial charge in [0.1, 0.15) is 5.69 Å². The Hall–Kier alpha value is -2.90. The van der Waals surface area contributed by atoms with Crippen LogP contribution in [0.25, 0.3) is 17.1 Å². The van der Waals surface area contributed by atoms with Gasteiger partial charge in [-0.1, -0.05) is 49.2 Å². The zero-order chi connectivity index (χ0) is 22.4. The van der Waals surface area contributed by atoms with Crippen molar-refractivity contribution in [3.8, 4) is 11.4 Å². The van der Waals surface area contributed by atoms with Gasteiger partial charge in [0.05, 0.1) is 27.8 Å². The van der Waals surface area contributed by atoms with Crippen LogP contribution in [-0.2, 0) is 11.2 Å². The van der Waals surface area contributed by atoms with E-state index in [2.05, 4.69) is 32.1 Å². The van der Waals surface area contributed by atoms with Gasteiger partial charge in [0.15, 0.2) is 11.0 Å². The number of halogens is 3. The van der Waals surface area contributed by atoms with Crippen molar-refractivity contribution in [1.29, 1.82) is 0 Å². The van der Waals surface area contributed by atoms with Gasteiger partial charge in [-0.15, -0.1) is 5.10 Å². The van der Waals surface area contributed by atoms with Gasteiger partial charge in [-0.05, 0) is 36.8 Å². The zero-order valence-corrected chi connectivity index (χ0v) is 18.3. The Morgan fingerprint density at radius 2 is 2.03 bits per heavy atom. The van der Waals surface area contributed by atoms with E-state index < -0.39 is 11.7 Å². The highest BCUT2D eigenvalue weighted by molar-refractivity contribution is 6.34. The molecule has 3 aromatic rings. The highest BCUT2D eigenvalue weighted by Crippen LogP contribution is 2.23. The zero-order valence-electron chi connectivity index (χ0n) is 16.8. The fraction of sp³-hybridized carbons (Fsp3) is 0.227. The molecule has 0 radical (unpaired) electrons. The van der Waals surface area contributed by atoms with Gasteiger partial charge < -0.3 is 5.32 Å². The van der Waals surface area contributed by atoms with Crippen molar-refractivity contribution in [2.75, 3.05) is 0 Å². The standard InChI is InChI=1S/C22H20Cl2FN5O/c1-3-6-14(11-19-15(23)12-20(24)30-29-19)22(31)27-13(2)17-9-8-16(25)21(28-17)18-7-4-5-10-26-18/h4-5,7-10,12,14H,2-3,6,11H2,1H3,(H,27,31). The van der Waals surface area contributed by atoms with Crippen LogP contribution in [-0.4, -0.2) is 26.1 Å². The van der Waals surface area contributed by atoms with Gasteiger partial charge in [0.2, 0.25) is 5.91 Å². The molecule has 0 bridgehead atoms. The molecule has 1 unspecified atom stereocenters. The van der Waals surface area contributed by atoms with Crippen LogP contribution in [0.15, 0.2) is 49.2 Å². The summed E-state index contributed by atoms with van der Waals surface area (Å²) in [6.07, 6.45) is 3.24. The van der Waals surface area contributed by atoms with Crippen molar-refractivity contribution < 1.29 is 9.18 Å². The third-order valence-corrected chi connectivity index (χ3v) is 5.08. The summed E-state index contributed by atoms with van der Waals surface area (Å²) in [7, 11) is 0. The first-order valence-electron chi connectivity index (χ1n) is 9.64. The maximum Gasteiger partial charge on any atom is 0.227 e. The summed E-state index contributed by atoms with van der Waals surface area (Å²) in [6.45, 7) is 5.88. The van der Waals surface area contributed by atoms with E-state index in [-0.39, 0.29) is 22.5 Å². The van der Waals surface area contributed by atoms with E-state index in [1.54, 1.807) is 24.4 Å². The number of pyridine rings is 2. The number of nitrogens with one attached hydrogen (secondary N) is 1. The summed E-state index contributed by atoms with van der Waals surface area (Å²) in [6, 6.07) is 9.36. The average molecular weight is 460 g/mol. The predicted octanol–water partition coefficient (Wildman–Crippen LogP) is 5.13. The molecule has 0 fully saturated rings. The maximum absolute atomic E-state index is 14.3. The molecular formula is C22H20Cl2FN5O. The lowest BCUT2D eigenvalue weighted by atomic mass is 9.96. The monoisotopic (exact) mass is 459 g/mol. The predicted molar refractivity (Wildman–Crippen MR) is 119 cm³/mol. The molecule has 3 heterocycles. The first-order valence-corrected chi connectivity index (χ1v) is 10.4. The Morgan fingerprint density at radius 1 is 1.23 bits per heavy atom. The van der Waals surface area contributed by atoms with E-state index in [0.717, 1.165) is 6.42 Å². The molecule has 0 spiro atoms. The van der Waals surface area contributed by atoms with Crippen LogP contribution in [0.5, 0.6) is 0 Å². The average Bonchev–Trinajstić information content (AvgIpc) is 2.76. The first kappa shape index (κ1) is 22.8. The number of amides is 1. The first-order chi connectivity index (χ1) is 14.9. The van der Waals surface area contributed by atoms with Crippen molar-refractivity contribution in [3.63, 3.8) is 0 Å². The molecule has 1 atom stereocenters. The quantitative estimate of drug-likeness (QED) is 0.505. The molecule has 0 saturated heterocycles. The number of hydrogen-bond acceptors (Lipinski definition) is 5. The Bertz CT molecular complexity index is 1090. The van der Waals surface area contributed by atoms with Crippen molar-refractivity contribution in [2.24, 2.45) is 5.92 Å². The molecule has 0 aliphatic carbocycles.